The number of carbonyl (C=O) groups excluding carboxylic acids is 1. The molecule has 1 aromatic carbocycles. The predicted molar refractivity (Wildman–Crippen MR) is 83.0 cm³/mol. The van der Waals surface area contributed by atoms with Gasteiger partial charge in [0.25, 0.3) is 0 Å². The summed E-state index contributed by atoms with van der Waals surface area (Å²) in [5.41, 5.74) is 3.23. The first kappa shape index (κ1) is 15.2. The van der Waals surface area contributed by atoms with Crippen LogP contribution in [-0.2, 0) is 17.8 Å². The Morgan fingerprint density at radius 3 is 2.77 bits per heavy atom. The quantitative estimate of drug-likeness (QED) is 0.864. The highest BCUT2D eigenvalue weighted by Gasteiger charge is 2.33. The Hall–Kier alpha value is -1.75. The molecule has 0 spiro atoms. The summed E-state index contributed by atoms with van der Waals surface area (Å²) in [6.45, 7) is 3.37. The Labute approximate surface area is 134 Å². The van der Waals surface area contributed by atoms with Crippen molar-refractivity contribution in [3.8, 4) is 0 Å². The van der Waals surface area contributed by atoms with E-state index in [1.807, 2.05) is 12.1 Å². The molecule has 3 rings (SSSR count). The van der Waals surface area contributed by atoms with E-state index in [1.54, 1.807) is 11.8 Å². The lowest BCUT2D eigenvalue weighted by Crippen LogP contribution is -2.36. The second-order valence-corrected chi connectivity index (χ2v) is 6.39. The second kappa shape index (κ2) is 5.80. The number of hydrogen-bond acceptors (Lipinski definition) is 2. The van der Waals surface area contributed by atoms with Crippen molar-refractivity contribution >= 4 is 23.6 Å². The number of fused-ring (bicyclic) bond motifs is 1. The van der Waals surface area contributed by atoms with Gasteiger partial charge >= 0.3 is 6.09 Å². The monoisotopic (exact) mass is 322 g/mol. The molecule has 6 heteroatoms. The van der Waals surface area contributed by atoms with Gasteiger partial charge in [0.15, 0.2) is 0 Å². The zero-order chi connectivity index (χ0) is 15.9. The Morgan fingerprint density at radius 2 is 2.09 bits per heavy atom. The van der Waals surface area contributed by atoms with Crippen molar-refractivity contribution < 1.29 is 14.7 Å². The van der Waals surface area contributed by atoms with Crippen molar-refractivity contribution in [1.82, 2.24) is 9.80 Å². The summed E-state index contributed by atoms with van der Waals surface area (Å²) in [5.74, 6) is 0.0557. The number of likely N-dealkylation sites (tertiary alicyclic amines) is 1. The molecule has 1 N–H and O–H groups in total. The van der Waals surface area contributed by atoms with Gasteiger partial charge in [-0.2, -0.15) is 0 Å². The van der Waals surface area contributed by atoms with E-state index >= 15 is 0 Å². The van der Waals surface area contributed by atoms with E-state index in [2.05, 4.69) is 0 Å². The summed E-state index contributed by atoms with van der Waals surface area (Å²) < 4.78 is 0. The number of rotatable bonds is 1. The van der Waals surface area contributed by atoms with Gasteiger partial charge in [-0.05, 0) is 48.1 Å². The van der Waals surface area contributed by atoms with Crippen molar-refractivity contribution in [2.75, 3.05) is 13.1 Å². The molecule has 1 aromatic rings. The molecule has 2 amide bonds. The molecule has 118 valence electrons. The van der Waals surface area contributed by atoms with Crippen LogP contribution in [0.4, 0.5) is 4.79 Å². The molecule has 0 radical (unpaired) electrons. The Bertz CT molecular complexity index is 632. The first-order valence-corrected chi connectivity index (χ1v) is 7.91. The molecule has 1 fully saturated rings. The van der Waals surface area contributed by atoms with Crippen LogP contribution >= 0.6 is 11.6 Å². The average molecular weight is 323 g/mol. The van der Waals surface area contributed by atoms with E-state index in [-0.39, 0.29) is 11.9 Å². The van der Waals surface area contributed by atoms with Gasteiger partial charge in [0.1, 0.15) is 0 Å². The molecule has 1 saturated heterocycles. The maximum absolute atomic E-state index is 11.6. The van der Waals surface area contributed by atoms with Crippen LogP contribution in [0.2, 0.25) is 5.02 Å². The Morgan fingerprint density at radius 1 is 1.32 bits per heavy atom. The lowest BCUT2D eigenvalue weighted by Gasteiger charge is -2.32. The molecule has 5 nitrogen and oxygen atoms in total. The number of benzene rings is 1. The predicted octanol–water partition coefficient (Wildman–Crippen LogP) is 3.06. The van der Waals surface area contributed by atoms with Gasteiger partial charge in [-0.15, -0.1) is 0 Å². The minimum absolute atomic E-state index is 0.0557. The summed E-state index contributed by atoms with van der Waals surface area (Å²) in [5, 5.41) is 9.98. The molecule has 1 atom stereocenters. The van der Waals surface area contributed by atoms with Crippen LogP contribution < -0.4 is 0 Å². The highest BCUT2D eigenvalue weighted by Crippen LogP contribution is 2.38. The van der Waals surface area contributed by atoms with Gasteiger partial charge in [0.05, 0.1) is 6.04 Å². The van der Waals surface area contributed by atoms with Gasteiger partial charge in [0.2, 0.25) is 5.91 Å². The smallest absolute Gasteiger partial charge is 0.407 e. The molecule has 2 aliphatic rings. The summed E-state index contributed by atoms with van der Waals surface area (Å²) in [6.07, 6.45) is 1.58. The molecular formula is C16H19ClN2O3. The maximum Gasteiger partial charge on any atom is 0.407 e. The van der Waals surface area contributed by atoms with Gasteiger partial charge < -0.3 is 14.9 Å². The van der Waals surface area contributed by atoms with Crippen molar-refractivity contribution in [3.63, 3.8) is 0 Å². The number of nitrogens with zero attached hydrogens (tertiary/aromatic N) is 2. The van der Waals surface area contributed by atoms with E-state index in [1.165, 1.54) is 10.5 Å². The van der Waals surface area contributed by atoms with Crippen molar-refractivity contribution in [3.05, 3.63) is 33.8 Å². The third-order valence-electron chi connectivity index (χ3n) is 4.64. The molecule has 0 aliphatic carbocycles. The molecule has 22 heavy (non-hydrogen) atoms. The van der Waals surface area contributed by atoms with Crippen LogP contribution in [0.25, 0.3) is 0 Å². The highest BCUT2D eigenvalue weighted by molar-refractivity contribution is 6.30. The van der Waals surface area contributed by atoms with Crippen LogP contribution in [-0.4, -0.2) is 40.0 Å². The number of halogens is 1. The molecule has 2 aliphatic heterocycles. The topological polar surface area (TPSA) is 60.9 Å². The summed E-state index contributed by atoms with van der Waals surface area (Å²) >= 11 is 6.25. The van der Waals surface area contributed by atoms with Gasteiger partial charge in [-0.1, -0.05) is 11.6 Å². The van der Waals surface area contributed by atoms with E-state index < -0.39 is 6.09 Å². The first-order chi connectivity index (χ1) is 10.5. The molecular weight excluding hydrogens is 304 g/mol. The standard InChI is InChI=1S/C16H19ClN2O3/c1-10(20)18-6-4-13-11(9-18)7-12(17)8-14(13)15-3-2-5-19(15)16(21)22/h7-8,15H,2-6,9H2,1H3,(H,21,22)/t15-/m0/s1. The Balaban J connectivity index is 2.00. The van der Waals surface area contributed by atoms with E-state index in [4.69, 9.17) is 11.6 Å². The summed E-state index contributed by atoms with van der Waals surface area (Å²) in [6, 6.07) is 3.68. The fourth-order valence-electron chi connectivity index (χ4n) is 3.58. The first-order valence-electron chi connectivity index (χ1n) is 7.53. The SMILES string of the molecule is CC(=O)N1CCc2c(cc(Cl)cc2[C@@H]2CCCN2C(=O)O)C1. The summed E-state index contributed by atoms with van der Waals surface area (Å²) in [7, 11) is 0. The minimum atomic E-state index is -0.877. The molecule has 0 aromatic heterocycles. The molecule has 0 saturated carbocycles. The number of hydrogen-bond donors (Lipinski definition) is 1. The number of carbonyl (C=O) groups is 2. The van der Waals surface area contributed by atoms with Crippen molar-refractivity contribution in [2.45, 2.75) is 38.8 Å². The highest BCUT2D eigenvalue weighted by atomic mass is 35.5. The van der Waals surface area contributed by atoms with Crippen LogP contribution in [0, 0.1) is 0 Å². The zero-order valence-electron chi connectivity index (χ0n) is 12.5. The largest absolute Gasteiger partial charge is 0.465 e. The maximum atomic E-state index is 11.6. The van der Waals surface area contributed by atoms with Gasteiger partial charge in [-0.3, -0.25) is 4.79 Å². The van der Waals surface area contributed by atoms with E-state index in [9.17, 15) is 14.7 Å². The van der Waals surface area contributed by atoms with Crippen LogP contribution in [0.3, 0.4) is 0 Å². The molecule has 0 unspecified atom stereocenters. The summed E-state index contributed by atoms with van der Waals surface area (Å²) in [4.78, 5) is 26.3. The molecule has 2 heterocycles. The van der Waals surface area contributed by atoms with Gasteiger partial charge in [-0.25, -0.2) is 4.79 Å². The van der Waals surface area contributed by atoms with Crippen LogP contribution in [0.15, 0.2) is 12.1 Å². The van der Waals surface area contributed by atoms with Crippen molar-refractivity contribution in [1.29, 1.82) is 0 Å². The third kappa shape index (κ3) is 2.65. The average Bonchev–Trinajstić information content (AvgIpc) is 2.95. The molecule has 0 bridgehead atoms. The fourth-order valence-corrected chi connectivity index (χ4v) is 3.83. The zero-order valence-corrected chi connectivity index (χ0v) is 13.3. The lowest BCUT2D eigenvalue weighted by molar-refractivity contribution is -0.129. The Kier molecular flexibility index (Phi) is 4.00. The number of amides is 2. The van der Waals surface area contributed by atoms with E-state index in [0.717, 1.165) is 30.4 Å². The van der Waals surface area contributed by atoms with Crippen molar-refractivity contribution in [2.24, 2.45) is 0 Å². The lowest BCUT2D eigenvalue weighted by atomic mass is 9.90. The second-order valence-electron chi connectivity index (χ2n) is 5.96. The number of carboxylic acid groups (broad SMARTS) is 1. The fraction of sp³-hybridized carbons (Fsp3) is 0.500. The minimum Gasteiger partial charge on any atom is -0.465 e. The van der Waals surface area contributed by atoms with Gasteiger partial charge in [0, 0.05) is 31.6 Å². The normalized spacial score (nSPS) is 20.9. The van der Waals surface area contributed by atoms with E-state index in [0.29, 0.717) is 24.7 Å². The third-order valence-corrected chi connectivity index (χ3v) is 4.86. The van der Waals surface area contributed by atoms with Crippen LogP contribution in [0.1, 0.15) is 42.5 Å². The van der Waals surface area contributed by atoms with Crippen LogP contribution in [0.5, 0.6) is 0 Å².